The molecule has 2 rings (SSSR count). The summed E-state index contributed by atoms with van der Waals surface area (Å²) in [5.74, 6) is 0. The van der Waals surface area contributed by atoms with Crippen LogP contribution in [0.5, 0.6) is 0 Å². The Labute approximate surface area is 114 Å². The van der Waals surface area contributed by atoms with Crippen LogP contribution in [0, 0.1) is 0 Å². The molecule has 2 aromatic rings. The van der Waals surface area contributed by atoms with Gasteiger partial charge in [0.25, 0.3) is 0 Å². The zero-order valence-corrected chi connectivity index (χ0v) is 10.8. The van der Waals surface area contributed by atoms with E-state index in [0.29, 0.717) is 27.1 Å². The van der Waals surface area contributed by atoms with Gasteiger partial charge < -0.3 is 5.32 Å². The number of aromatic nitrogens is 2. The number of anilines is 2. The molecule has 96 valence electrons. The Kier molecular flexibility index (Phi) is 3.65. The van der Waals surface area contributed by atoms with E-state index in [1.165, 1.54) is 12.1 Å². The molecule has 0 fully saturated rings. The van der Waals surface area contributed by atoms with Gasteiger partial charge in [0.05, 0.1) is 10.0 Å². The monoisotopic (exact) mass is 313 g/mol. The van der Waals surface area contributed by atoms with Crippen molar-refractivity contribution in [1.82, 2.24) is 10.2 Å². The second-order valence-electron chi connectivity index (χ2n) is 3.16. The van der Waals surface area contributed by atoms with E-state index in [1.54, 1.807) is 6.07 Å². The molecule has 0 unspecified atom stereocenters. The number of nitrogens with zero attached hydrogens (tertiary/aromatic N) is 2. The molecule has 0 atom stereocenters. The van der Waals surface area contributed by atoms with Crippen LogP contribution < -0.4 is 5.32 Å². The van der Waals surface area contributed by atoms with Gasteiger partial charge in [-0.2, -0.15) is 13.2 Å². The highest BCUT2D eigenvalue weighted by molar-refractivity contribution is 7.15. The van der Waals surface area contributed by atoms with Crippen molar-refractivity contribution in [3.05, 3.63) is 33.3 Å². The third-order valence-electron chi connectivity index (χ3n) is 1.84. The first kappa shape index (κ1) is 13.4. The lowest BCUT2D eigenvalue weighted by Gasteiger charge is -2.03. The predicted molar refractivity (Wildman–Crippen MR) is 64.7 cm³/mol. The molecule has 0 spiro atoms. The van der Waals surface area contributed by atoms with Gasteiger partial charge in [0.2, 0.25) is 10.1 Å². The molecule has 9 heteroatoms. The molecule has 0 aliphatic carbocycles. The number of benzene rings is 1. The van der Waals surface area contributed by atoms with E-state index in [0.717, 1.165) is 0 Å². The second-order valence-corrected chi connectivity index (χ2v) is 4.96. The molecule has 3 nitrogen and oxygen atoms in total. The van der Waals surface area contributed by atoms with Gasteiger partial charge in [0.1, 0.15) is 0 Å². The zero-order chi connectivity index (χ0) is 13.3. The van der Waals surface area contributed by atoms with Gasteiger partial charge in [-0.1, -0.05) is 34.5 Å². The van der Waals surface area contributed by atoms with E-state index >= 15 is 0 Å². The Morgan fingerprint density at radius 2 is 1.83 bits per heavy atom. The maximum atomic E-state index is 12.3. The maximum Gasteiger partial charge on any atom is 0.445 e. The fraction of sp³-hybridized carbons (Fsp3) is 0.111. The van der Waals surface area contributed by atoms with Gasteiger partial charge in [0.15, 0.2) is 0 Å². The minimum absolute atomic E-state index is 0.0284. The molecular formula is C9H4Cl2F3N3S. The fourth-order valence-corrected chi connectivity index (χ4v) is 2.01. The smallest absolute Gasteiger partial charge is 0.330 e. The fourth-order valence-electron chi connectivity index (χ4n) is 1.09. The van der Waals surface area contributed by atoms with E-state index in [1.807, 2.05) is 0 Å². The highest BCUT2D eigenvalue weighted by atomic mass is 35.5. The van der Waals surface area contributed by atoms with Crippen molar-refractivity contribution in [1.29, 1.82) is 0 Å². The third kappa shape index (κ3) is 3.04. The zero-order valence-electron chi connectivity index (χ0n) is 8.42. The van der Waals surface area contributed by atoms with Gasteiger partial charge in [-0.15, -0.1) is 10.2 Å². The lowest BCUT2D eigenvalue weighted by molar-refractivity contribution is -0.138. The minimum atomic E-state index is -4.49. The summed E-state index contributed by atoms with van der Waals surface area (Å²) in [6, 6.07) is 4.58. The quantitative estimate of drug-likeness (QED) is 0.880. The Morgan fingerprint density at radius 1 is 1.11 bits per heavy atom. The predicted octanol–water partition coefficient (Wildman–Crippen LogP) is 4.61. The van der Waals surface area contributed by atoms with Crippen LogP contribution in [0.4, 0.5) is 24.0 Å². The highest BCUT2D eigenvalue weighted by Gasteiger charge is 2.35. The Hall–Kier alpha value is -1.05. The van der Waals surface area contributed by atoms with Gasteiger partial charge >= 0.3 is 6.18 Å². The normalized spacial score (nSPS) is 11.6. The van der Waals surface area contributed by atoms with Crippen LogP contribution in [0.2, 0.25) is 10.0 Å². The second kappa shape index (κ2) is 4.91. The molecule has 1 N–H and O–H groups in total. The van der Waals surface area contributed by atoms with Crippen molar-refractivity contribution in [2.24, 2.45) is 0 Å². The average molecular weight is 314 g/mol. The standard InChI is InChI=1S/C9H4Cl2F3N3S/c10-5-2-1-4(3-6(5)11)15-8-17-16-7(18-8)9(12,13)14/h1-3H,(H,15,17). The molecule has 1 aromatic carbocycles. The Bertz CT molecular complexity index is 570. The maximum absolute atomic E-state index is 12.3. The highest BCUT2D eigenvalue weighted by Crippen LogP contribution is 2.34. The van der Waals surface area contributed by atoms with Gasteiger partial charge in [0, 0.05) is 5.69 Å². The van der Waals surface area contributed by atoms with Crippen molar-refractivity contribution in [3.63, 3.8) is 0 Å². The molecule has 0 amide bonds. The Balaban J connectivity index is 2.19. The van der Waals surface area contributed by atoms with Crippen LogP contribution >= 0.6 is 34.5 Å². The molecule has 1 aromatic heterocycles. The van der Waals surface area contributed by atoms with Crippen molar-refractivity contribution in [2.75, 3.05) is 5.32 Å². The van der Waals surface area contributed by atoms with Crippen LogP contribution in [-0.2, 0) is 6.18 Å². The largest absolute Gasteiger partial charge is 0.445 e. The van der Waals surface area contributed by atoms with Crippen LogP contribution in [-0.4, -0.2) is 10.2 Å². The minimum Gasteiger partial charge on any atom is -0.330 e. The molecular weight excluding hydrogens is 310 g/mol. The number of hydrogen-bond acceptors (Lipinski definition) is 4. The molecule has 0 saturated heterocycles. The van der Waals surface area contributed by atoms with Gasteiger partial charge in [-0.3, -0.25) is 0 Å². The SMILES string of the molecule is FC(F)(F)c1nnc(Nc2ccc(Cl)c(Cl)c2)s1. The summed E-state index contributed by atoms with van der Waals surface area (Å²) in [7, 11) is 0. The molecule has 0 radical (unpaired) electrons. The number of hydrogen-bond donors (Lipinski definition) is 1. The summed E-state index contributed by atoms with van der Waals surface area (Å²) in [5, 5.41) is 8.77. The number of alkyl halides is 3. The molecule has 18 heavy (non-hydrogen) atoms. The summed E-state index contributed by atoms with van der Waals surface area (Å²) in [6.45, 7) is 0. The summed E-state index contributed by atoms with van der Waals surface area (Å²) >= 11 is 11.9. The van der Waals surface area contributed by atoms with E-state index in [4.69, 9.17) is 23.2 Å². The van der Waals surface area contributed by atoms with E-state index in [-0.39, 0.29) is 5.13 Å². The number of nitrogens with one attached hydrogen (secondary N) is 1. The summed E-state index contributed by atoms with van der Waals surface area (Å²) in [5.41, 5.74) is 0.481. The van der Waals surface area contributed by atoms with E-state index < -0.39 is 11.2 Å². The van der Waals surface area contributed by atoms with E-state index in [9.17, 15) is 13.2 Å². The van der Waals surface area contributed by atoms with Crippen molar-refractivity contribution < 1.29 is 13.2 Å². The van der Waals surface area contributed by atoms with Crippen LogP contribution in [0.25, 0.3) is 0 Å². The molecule has 0 saturated carbocycles. The molecule has 0 bridgehead atoms. The average Bonchev–Trinajstić information content (AvgIpc) is 2.72. The number of rotatable bonds is 2. The van der Waals surface area contributed by atoms with E-state index in [2.05, 4.69) is 15.5 Å². The van der Waals surface area contributed by atoms with Gasteiger partial charge in [-0.25, -0.2) is 0 Å². The Morgan fingerprint density at radius 3 is 2.39 bits per heavy atom. The molecule has 1 heterocycles. The summed E-state index contributed by atoms with van der Waals surface area (Å²) in [6.07, 6.45) is -4.49. The van der Waals surface area contributed by atoms with Gasteiger partial charge in [-0.05, 0) is 18.2 Å². The van der Waals surface area contributed by atoms with Crippen LogP contribution in [0.3, 0.4) is 0 Å². The first-order valence-corrected chi connectivity index (χ1v) is 6.06. The molecule has 0 aliphatic heterocycles. The van der Waals surface area contributed by atoms with Crippen molar-refractivity contribution in [2.45, 2.75) is 6.18 Å². The lowest BCUT2D eigenvalue weighted by atomic mass is 10.3. The first-order chi connectivity index (χ1) is 8.36. The topological polar surface area (TPSA) is 37.8 Å². The van der Waals surface area contributed by atoms with Crippen molar-refractivity contribution in [3.8, 4) is 0 Å². The number of halogens is 5. The summed E-state index contributed by atoms with van der Waals surface area (Å²) in [4.78, 5) is 0. The molecule has 0 aliphatic rings. The van der Waals surface area contributed by atoms with Crippen LogP contribution in [0.1, 0.15) is 5.01 Å². The third-order valence-corrected chi connectivity index (χ3v) is 3.46. The summed E-state index contributed by atoms with van der Waals surface area (Å²) < 4.78 is 36.9. The van der Waals surface area contributed by atoms with Crippen LogP contribution in [0.15, 0.2) is 18.2 Å². The van der Waals surface area contributed by atoms with Crippen molar-refractivity contribution >= 4 is 45.4 Å². The lowest BCUT2D eigenvalue weighted by Crippen LogP contribution is -2.03. The first-order valence-electron chi connectivity index (χ1n) is 4.49.